The van der Waals surface area contributed by atoms with Crippen molar-refractivity contribution < 1.29 is 9.90 Å². The molecule has 1 fully saturated rings. The van der Waals surface area contributed by atoms with Gasteiger partial charge in [0.25, 0.3) is 0 Å². The molecule has 1 saturated heterocycles. The normalized spacial score (nSPS) is 21.3. The molecule has 1 aromatic heterocycles. The molecular formula is C17H29N3O2S. The van der Waals surface area contributed by atoms with Gasteiger partial charge in [0.1, 0.15) is 0 Å². The van der Waals surface area contributed by atoms with E-state index < -0.39 is 0 Å². The van der Waals surface area contributed by atoms with Gasteiger partial charge in [-0.15, -0.1) is 11.3 Å². The summed E-state index contributed by atoms with van der Waals surface area (Å²) >= 11 is 1.69. The van der Waals surface area contributed by atoms with Crippen LogP contribution in [0.5, 0.6) is 0 Å². The van der Waals surface area contributed by atoms with Gasteiger partial charge in [-0.2, -0.15) is 0 Å². The minimum Gasteiger partial charge on any atom is -0.392 e. The van der Waals surface area contributed by atoms with E-state index in [-0.39, 0.29) is 12.0 Å². The van der Waals surface area contributed by atoms with Crippen molar-refractivity contribution in [2.45, 2.75) is 39.0 Å². The van der Waals surface area contributed by atoms with Crippen molar-refractivity contribution in [3.8, 4) is 0 Å². The highest BCUT2D eigenvalue weighted by Gasteiger charge is 2.27. The van der Waals surface area contributed by atoms with Crippen molar-refractivity contribution in [3.63, 3.8) is 0 Å². The Kier molecular flexibility index (Phi) is 7.02. The van der Waals surface area contributed by atoms with Crippen molar-refractivity contribution in [1.82, 2.24) is 14.7 Å². The molecule has 2 rings (SSSR count). The zero-order chi connectivity index (χ0) is 16.8. The van der Waals surface area contributed by atoms with Gasteiger partial charge in [0.05, 0.1) is 19.2 Å². The number of thiophene rings is 1. The van der Waals surface area contributed by atoms with Gasteiger partial charge >= 0.3 is 0 Å². The third-order valence-corrected chi connectivity index (χ3v) is 5.28. The molecule has 1 amide bonds. The van der Waals surface area contributed by atoms with Crippen molar-refractivity contribution >= 4 is 17.2 Å². The van der Waals surface area contributed by atoms with Crippen LogP contribution in [0.25, 0.3) is 0 Å². The number of amides is 1. The summed E-state index contributed by atoms with van der Waals surface area (Å²) in [5, 5.41) is 11.7. The van der Waals surface area contributed by atoms with Gasteiger partial charge in [-0.3, -0.25) is 14.6 Å². The van der Waals surface area contributed by atoms with E-state index in [9.17, 15) is 9.90 Å². The standard InChI is InChI=1S/C17H29N3O2S/c1-4-15-11-19(7-8-20(15)10-14(2)21)13-17(22)18(3)12-16-6-5-9-23-16/h5-6,9,14-15,21H,4,7-8,10-13H2,1-3H3/t14-,15-/m0/s1. The fourth-order valence-electron chi connectivity index (χ4n) is 3.10. The molecule has 23 heavy (non-hydrogen) atoms. The molecule has 0 aliphatic carbocycles. The molecular weight excluding hydrogens is 310 g/mol. The van der Waals surface area contributed by atoms with Crippen LogP contribution in [0.1, 0.15) is 25.1 Å². The van der Waals surface area contributed by atoms with E-state index in [1.807, 2.05) is 30.3 Å². The molecule has 1 aromatic rings. The van der Waals surface area contributed by atoms with Crippen LogP contribution in [0.15, 0.2) is 17.5 Å². The second-order valence-electron chi connectivity index (χ2n) is 6.47. The predicted octanol–water partition coefficient (Wildman–Crippen LogP) is 1.48. The Labute approximate surface area is 143 Å². The fourth-order valence-corrected chi connectivity index (χ4v) is 3.86. The Morgan fingerprint density at radius 3 is 2.91 bits per heavy atom. The molecule has 1 aliphatic heterocycles. The summed E-state index contributed by atoms with van der Waals surface area (Å²) in [5.74, 6) is 0.178. The number of hydrogen-bond acceptors (Lipinski definition) is 5. The minimum absolute atomic E-state index is 0.178. The lowest BCUT2D eigenvalue weighted by Crippen LogP contribution is -2.56. The Hall–Kier alpha value is -0.950. The van der Waals surface area contributed by atoms with Gasteiger partial charge in [-0.05, 0) is 24.8 Å². The largest absolute Gasteiger partial charge is 0.392 e. The lowest BCUT2D eigenvalue weighted by molar-refractivity contribution is -0.132. The van der Waals surface area contributed by atoms with Crippen LogP contribution in [-0.4, -0.2) is 77.6 Å². The first kappa shape index (κ1) is 18.4. The summed E-state index contributed by atoms with van der Waals surface area (Å²) in [6, 6.07) is 4.51. The number of nitrogens with zero attached hydrogens (tertiary/aromatic N) is 3. The number of aliphatic hydroxyl groups excluding tert-OH is 1. The Morgan fingerprint density at radius 2 is 2.30 bits per heavy atom. The van der Waals surface area contributed by atoms with Crippen LogP contribution < -0.4 is 0 Å². The monoisotopic (exact) mass is 339 g/mol. The number of piperazine rings is 1. The van der Waals surface area contributed by atoms with Crippen LogP contribution in [0.2, 0.25) is 0 Å². The topological polar surface area (TPSA) is 47.0 Å². The SMILES string of the molecule is CC[C@H]1CN(CC(=O)N(C)Cc2cccs2)CCN1C[C@H](C)O. The second-order valence-corrected chi connectivity index (χ2v) is 7.50. The lowest BCUT2D eigenvalue weighted by Gasteiger charge is -2.41. The van der Waals surface area contributed by atoms with Crippen molar-refractivity contribution in [2.75, 3.05) is 39.8 Å². The van der Waals surface area contributed by atoms with Crippen molar-refractivity contribution in [3.05, 3.63) is 22.4 Å². The maximum Gasteiger partial charge on any atom is 0.236 e. The Balaban J connectivity index is 1.82. The summed E-state index contributed by atoms with van der Waals surface area (Å²) in [5.41, 5.74) is 0. The van der Waals surface area contributed by atoms with Crippen LogP contribution in [-0.2, 0) is 11.3 Å². The van der Waals surface area contributed by atoms with Crippen LogP contribution in [0, 0.1) is 0 Å². The number of aliphatic hydroxyl groups is 1. The number of hydrogen-bond donors (Lipinski definition) is 1. The molecule has 0 radical (unpaired) electrons. The van der Waals surface area contributed by atoms with Crippen LogP contribution in [0.3, 0.4) is 0 Å². The second kappa shape index (κ2) is 8.78. The van der Waals surface area contributed by atoms with E-state index in [4.69, 9.17) is 0 Å². The molecule has 1 aliphatic rings. The van der Waals surface area contributed by atoms with Gasteiger partial charge in [-0.25, -0.2) is 0 Å². The van der Waals surface area contributed by atoms with E-state index in [1.54, 1.807) is 11.3 Å². The highest BCUT2D eigenvalue weighted by Crippen LogP contribution is 2.15. The zero-order valence-electron chi connectivity index (χ0n) is 14.4. The van der Waals surface area contributed by atoms with Gasteiger partial charge in [0.2, 0.25) is 5.91 Å². The molecule has 0 aromatic carbocycles. The molecule has 5 nitrogen and oxygen atoms in total. The average Bonchev–Trinajstić information content (AvgIpc) is 3.01. The van der Waals surface area contributed by atoms with Gasteiger partial charge in [0, 0.05) is 44.1 Å². The quantitative estimate of drug-likeness (QED) is 0.817. The fraction of sp³-hybridized carbons (Fsp3) is 0.706. The molecule has 1 N–H and O–H groups in total. The number of carbonyl (C=O) groups is 1. The average molecular weight is 340 g/mol. The minimum atomic E-state index is -0.297. The first-order chi connectivity index (χ1) is 11.0. The van der Waals surface area contributed by atoms with E-state index in [1.165, 1.54) is 4.88 Å². The predicted molar refractivity (Wildman–Crippen MR) is 94.6 cm³/mol. The number of carbonyl (C=O) groups excluding carboxylic acids is 1. The third-order valence-electron chi connectivity index (χ3n) is 4.42. The zero-order valence-corrected chi connectivity index (χ0v) is 15.3. The first-order valence-corrected chi connectivity index (χ1v) is 9.28. The maximum absolute atomic E-state index is 12.4. The van der Waals surface area contributed by atoms with Gasteiger partial charge in [-0.1, -0.05) is 13.0 Å². The van der Waals surface area contributed by atoms with E-state index >= 15 is 0 Å². The first-order valence-electron chi connectivity index (χ1n) is 8.40. The summed E-state index contributed by atoms with van der Waals surface area (Å²) < 4.78 is 0. The van der Waals surface area contributed by atoms with Gasteiger partial charge < -0.3 is 10.0 Å². The summed E-state index contributed by atoms with van der Waals surface area (Å²) in [7, 11) is 1.88. The molecule has 6 heteroatoms. The third kappa shape index (κ3) is 5.57. The molecule has 0 spiro atoms. The van der Waals surface area contributed by atoms with Crippen LogP contribution in [0.4, 0.5) is 0 Å². The summed E-state index contributed by atoms with van der Waals surface area (Å²) in [6.45, 7) is 8.63. The number of rotatable bonds is 7. The van der Waals surface area contributed by atoms with Crippen molar-refractivity contribution in [1.29, 1.82) is 0 Å². The molecule has 2 atom stereocenters. The van der Waals surface area contributed by atoms with Crippen molar-refractivity contribution in [2.24, 2.45) is 0 Å². The van der Waals surface area contributed by atoms with E-state index in [0.717, 1.165) is 32.6 Å². The smallest absolute Gasteiger partial charge is 0.236 e. The Morgan fingerprint density at radius 1 is 1.52 bits per heavy atom. The lowest BCUT2D eigenvalue weighted by atomic mass is 10.1. The molecule has 0 bridgehead atoms. The van der Waals surface area contributed by atoms with Gasteiger partial charge in [0.15, 0.2) is 0 Å². The molecule has 0 saturated carbocycles. The molecule has 2 heterocycles. The highest BCUT2D eigenvalue weighted by atomic mass is 32.1. The number of β-amino-alcohol motifs (C(OH)–C–C–N with tert-alkyl or cyclic N) is 1. The van der Waals surface area contributed by atoms with Crippen LogP contribution >= 0.6 is 11.3 Å². The molecule has 0 unspecified atom stereocenters. The number of likely N-dealkylation sites (N-methyl/N-ethyl adjacent to an activating group) is 1. The van der Waals surface area contributed by atoms with E-state index in [0.29, 0.717) is 19.1 Å². The Bertz CT molecular complexity index is 478. The highest BCUT2D eigenvalue weighted by molar-refractivity contribution is 7.09. The molecule has 130 valence electrons. The summed E-state index contributed by atoms with van der Waals surface area (Å²) in [6.07, 6.45) is 0.747. The maximum atomic E-state index is 12.4. The van der Waals surface area contributed by atoms with E-state index in [2.05, 4.69) is 22.8 Å². The summed E-state index contributed by atoms with van der Waals surface area (Å²) in [4.78, 5) is 20.1.